The molecule has 0 aliphatic rings. The van der Waals surface area contributed by atoms with Gasteiger partial charge in [-0.2, -0.15) is 0 Å². The number of rotatable bonds is 5. The molecule has 0 fully saturated rings. The Bertz CT molecular complexity index is 534. The second kappa shape index (κ2) is 6.71. The second-order valence-electron chi connectivity index (χ2n) is 5.61. The molecule has 1 heteroatoms. The summed E-state index contributed by atoms with van der Waals surface area (Å²) in [5.74, 6) is 0. The van der Waals surface area contributed by atoms with Crippen molar-refractivity contribution in [1.29, 1.82) is 0 Å². The first-order valence-electron chi connectivity index (χ1n) is 7.49. The summed E-state index contributed by atoms with van der Waals surface area (Å²) < 4.78 is 0. The van der Waals surface area contributed by atoms with Crippen LogP contribution in [0.2, 0.25) is 0 Å². The molecule has 1 N–H and O–H groups in total. The average molecular weight is 267 g/mol. The van der Waals surface area contributed by atoms with Gasteiger partial charge in [0, 0.05) is 0 Å². The normalized spacial score (nSPS) is 12.4. The third-order valence-electron chi connectivity index (χ3n) is 3.76. The van der Waals surface area contributed by atoms with E-state index >= 15 is 0 Å². The van der Waals surface area contributed by atoms with E-state index in [0.29, 0.717) is 0 Å². The van der Waals surface area contributed by atoms with Gasteiger partial charge in [-0.15, -0.1) is 0 Å². The molecule has 2 rings (SSSR count). The zero-order valence-corrected chi connectivity index (χ0v) is 13.0. The fraction of sp³-hybridized carbons (Fsp3) is 0.368. The molecule has 2 aromatic rings. The molecule has 0 amide bonds. The number of nitrogens with one attached hydrogen (secondary N) is 1. The van der Waals surface area contributed by atoms with Gasteiger partial charge >= 0.3 is 0 Å². The SMILES string of the molecule is CCCNC(c1ccccc1)c1c(C)cc(C)cc1C. The molecule has 0 heterocycles. The molecule has 0 aliphatic carbocycles. The minimum atomic E-state index is 0.289. The van der Waals surface area contributed by atoms with Crippen molar-refractivity contribution in [2.24, 2.45) is 0 Å². The van der Waals surface area contributed by atoms with Gasteiger partial charge in [0.2, 0.25) is 0 Å². The van der Waals surface area contributed by atoms with Crippen molar-refractivity contribution >= 4 is 0 Å². The van der Waals surface area contributed by atoms with Gasteiger partial charge in [0.25, 0.3) is 0 Å². The Labute approximate surface area is 123 Å². The summed E-state index contributed by atoms with van der Waals surface area (Å²) in [5, 5.41) is 3.70. The minimum Gasteiger partial charge on any atom is -0.306 e. The molecule has 106 valence electrons. The lowest BCUT2D eigenvalue weighted by atomic mass is 9.90. The Morgan fingerprint density at radius 2 is 1.55 bits per heavy atom. The van der Waals surface area contributed by atoms with E-state index in [9.17, 15) is 0 Å². The maximum atomic E-state index is 3.70. The van der Waals surface area contributed by atoms with E-state index in [2.05, 4.69) is 75.5 Å². The summed E-state index contributed by atoms with van der Waals surface area (Å²) in [7, 11) is 0. The van der Waals surface area contributed by atoms with Gasteiger partial charge < -0.3 is 5.32 Å². The Balaban J connectivity index is 2.47. The van der Waals surface area contributed by atoms with Gasteiger partial charge in [0.15, 0.2) is 0 Å². The molecule has 1 atom stereocenters. The zero-order chi connectivity index (χ0) is 14.5. The Hall–Kier alpha value is -1.60. The van der Waals surface area contributed by atoms with Crippen LogP contribution in [0.4, 0.5) is 0 Å². The van der Waals surface area contributed by atoms with E-state index in [-0.39, 0.29) is 6.04 Å². The highest BCUT2D eigenvalue weighted by atomic mass is 14.9. The minimum absolute atomic E-state index is 0.289. The Morgan fingerprint density at radius 3 is 2.10 bits per heavy atom. The quantitative estimate of drug-likeness (QED) is 0.828. The fourth-order valence-electron chi connectivity index (χ4n) is 2.97. The molecule has 20 heavy (non-hydrogen) atoms. The van der Waals surface area contributed by atoms with E-state index < -0.39 is 0 Å². The van der Waals surface area contributed by atoms with Crippen LogP contribution in [0, 0.1) is 20.8 Å². The number of benzene rings is 2. The van der Waals surface area contributed by atoms with Crippen LogP contribution in [0.1, 0.15) is 47.2 Å². The maximum Gasteiger partial charge on any atom is 0.0581 e. The van der Waals surface area contributed by atoms with Crippen molar-refractivity contribution in [2.75, 3.05) is 6.54 Å². The molecule has 0 aromatic heterocycles. The van der Waals surface area contributed by atoms with Crippen LogP contribution in [-0.4, -0.2) is 6.54 Å². The summed E-state index contributed by atoms with van der Waals surface area (Å²) in [6.45, 7) is 9.86. The number of hydrogen-bond donors (Lipinski definition) is 1. The molecule has 0 aliphatic heterocycles. The lowest BCUT2D eigenvalue weighted by molar-refractivity contribution is 0.594. The van der Waals surface area contributed by atoms with Crippen LogP contribution >= 0.6 is 0 Å². The summed E-state index contributed by atoms with van der Waals surface area (Å²) >= 11 is 0. The molecule has 0 saturated carbocycles. The van der Waals surface area contributed by atoms with Crippen molar-refractivity contribution in [3.8, 4) is 0 Å². The van der Waals surface area contributed by atoms with E-state index in [1.807, 2.05) is 0 Å². The van der Waals surface area contributed by atoms with Crippen molar-refractivity contribution in [1.82, 2.24) is 5.32 Å². The molecule has 1 nitrogen and oxygen atoms in total. The molecule has 2 aromatic carbocycles. The largest absolute Gasteiger partial charge is 0.306 e. The van der Waals surface area contributed by atoms with E-state index in [1.165, 1.54) is 27.8 Å². The third kappa shape index (κ3) is 3.29. The van der Waals surface area contributed by atoms with Crippen molar-refractivity contribution < 1.29 is 0 Å². The topological polar surface area (TPSA) is 12.0 Å². The molecule has 0 spiro atoms. The highest BCUT2D eigenvalue weighted by Crippen LogP contribution is 2.28. The van der Waals surface area contributed by atoms with Crippen LogP contribution in [0.5, 0.6) is 0 Å². The highest BCUT2D eigenvalue weighted by Gasteiger charge is 2.17. The first-order chi connectivity index (χ1) is 9.63. The lowest BCUT2D eigenvalue weighted by Crippen LogP contribution is -2.24. The Morgan fingerprint density at radius 1 is 0.950 bits per heavy atom. The third-order valence-corrected chi connectivity index (χ3v) is 3.76. The zero-order valence-electron chi connectivity index (χ0n) is 13.0. The van der Waals surface area contributed by atoms with Crippen LogP contribution < -0.4 is 5.32 Å². The van der Waals surface area contributed by atoms with E-state index in [4.69, 9.17) is 0 Å². The summed E-state index contributed by atoms with van der Waals surface area (Å²) in [6, 6.07) is 15.6. The second-order valence-corrected chi connectivity index (χ2v) is 5.61. The van der Waals surface area contributed by atoms with Gasteiger partial charge in [-0.05, 0) is 56.0 Å². The van der Waals surface area contributed by atoms with Crippen molar-refractivity contribution in [3.05, 3.63) is 70.3 Å². The highest BCUT2D eigenvalue weighted by molar-refractivity contribution is 5.44. The summed E-state index contributed by atoms with van der Waals surface area (Å²) in [4.78, 5) is 0. The molecule has 0 radical (unpaired) electrons. The summed E-state index contributed by atoms with van der Waals surface area (Å²) in [6.07, 6.45) is 1.15. The smallest absolute Gasteiger partial charge is 0.0581 e. The number of hydrogen-bond acceptors (Lipinski definition) is 1. The van der Waals surface area contributed by atoms with Crippen LogP contribution in [0.15, 0.2) is 42.5 Å². The van der Waals surface area contributed by atoms with E-state index in [1.54, 1.807) is 0 Å². The number of aryl methyl sites for hydroxylation is 3. The molecule has 0 saturated heterocycles. The first kappa shape index (κ1) is 14.8. The van der Waals surface area contributed by atoms with Crippen LogP contribution in [0.3, 0.4) is 0 Å². The van der Waals surface area contributed by atoms with Crippen LogP contribution in [0.25, 0.3) is 0 Å². The average Bonchev–Trinajstić information content (AvgIpc) is 2.42. The predicted molar refractivity (Wildman–Crippen MR) is 87.2 cm³/mol. The van der Waals surface area contributed by atoms with Gasteiger partial charge in [0.05, 0.1) is 6.04 Å². The van der Waals surface area contributed by atoms with E-state index in [0.717, 1.165) is 13.0 Å². The Kier molecular flexibility index (Phi) is 4.97. The van der Waals surface area contributed by atoms with Crippen molar-refractivity contribution in [2.45, 2.75) is 40.2 Å². The molecular formula is C19H25N. The van der Waals surface area contributed by atoms with Crippen LogP contribution in [-0.2, 0) is 0 Å². The maximum absolute atomic E-state index is 3.70. The molecule has 0 bridgehead atoms. The summed E-state index contributed by atoms with van der Waals surface area (Å²) in [5.41, 5.74) is 6.86. The van der Waals surface area contributed by atoms with Gasteiger partial charge in [0.1, 0.15) is 0 Å². The predicted octanol–water partition coefficient (Wildman–Crippen LogP) is 4.70. The monoisotopic (exact) mass is 267 g/mol. The fourth-order valence-corrected chi connectivity index (χ4v) is 2.97. The van der Waals surface area contributed by atoms with Gasteiger partial charge in [-0.1, -0.05) is 55.0 Å². The molecule has 1 unspecified atom stereocenters. The first-order valence-corrected chi connectivity index (χ1v) is 7.49. The van der Waals surface area contributed by atoms with Gasteiger partial charge in [-0.25, -0.2) is 0 Å². The standard InChI is InChI=1S/C19H25N/c1-5-11-20-19(17-9-7-6-8-10-17)18-15(3)12-14(2)13-16(18)4/h6-10,12-13,19-20H,5,11H2,1-4H3. The molecular weight excluding hydrogens is 242 g/mol. The lowest BCUT2D eigenvalue weighted by Gasteiger charge is -2.24. The van der Waals surface area contributed by atoms with Crippen molar-refractivity contribution in [3.63, 3.8) is 0 Å². The van der Waals surface area contributed by atoms with Gasteiger partial charge in [-0.3, -0.25) is 0 Å².